The van der Waals surface area contributed by atoms with E-state index in [2.05, 4.69) is 10.5 Å². The number of hydrogen-bond acceptors (Lipinski definition) is 4. The monoisotopic (exact) mass is 342 g/mol. The Balaban J connectivity index is 1.46. The number of hydrogen-bond donors (Lipinski definition) is 1. The lowest BCUT2D eigenvalue weighted by Crippen LogP contribution is -2.36. The van der Waals surface area contributed by atoms with Crippen molar-refractivity contribution in [2.24, 2.45) is 5.16 Å². The Bertz CT molecular complexity index is 774. The van der Waals surface area contributed by atoms with E-state index in [-0.39, 0.29) is 11.7 Å². The van der Waals surface area contributed by atoms with Gasteiger partial charge in [0.25, 0.3) is 5.91 Å². The third-order valence-electron chi connectivity index (χ3n) is 3.99. The molecule has 0 fully saturated rings. The number of benzene rings is 2. The molecular weight excluding hydrogens is 323 g/mol. The van der Waals surface area contributed by atoms with E-state index in [9.17, 15) is 9.18 Å². The first-order valence-corrected chi connectivity index (χ1v) is 8.05. The van der Waals surface area contributed by atoms with Gasteiger partial charge in [-0.15, -0.1) is 0 Å². The molecule has 5 nitrogen and oxygen atoms in total. The minimum atomic E-state index is -0.672. The second-order valence-corrected chi connectivity index (χ2v) is 5.74. The normalized spacial score (nSPS) is 16.1. The highest BCUT2D eigenvalue weighted by Gasteiger charge is 2.28. The molecule has 3 rings (SSSR count). The van der Waals surface area contributed by atoms with Gasteiger partial charge >= 0.3 is 0 Å². The summed E-state index contributed by atoms with van der Waals surface area (Å²) in [5.74, 6) is 0.241. The molecule has 0 aromatic heterocycles. The van der Waals surface area contributed by atoms with Crippen LogP contribution in [-0.2, 0) is 16.1 Å². The summed E-state index contributed by atoms with van der Waals surface area (Å²) in [6.45, 7) is 0.500. The Kier molecular flexibility index (Phi) is 5.28. The number of amides is 1. The molecule has 0 aliphatic carbocycles. The van der Waals surface area contributed by atoms with E-state index in [4.69, 9.17) is 9.57 Å². The van der Waals surface area contributed by atoms with Crippen LogP contribution in [-0.4, -0.2) is 31.4 Å². The lowest BCUT2D eigenvalue weighted by atomic mass is 10.0. The summed E-state index contributed by atoms with van der Waals surface area (Å²) in [5, 5.41) is 6.75. The summed E-state index contributed by atoms with van der Waals surface area (Å²) < 4.78 is 18.4. The fraction of sp³-hybridized carbons (Fsp3) is 0.263. The van der Waals surface area contributed by atoms with Gasteiger partial charge in [-0.2, -0.15) is 0 Å². The number of carbonyl (C=O) groups is 1. The lowest BCUT2D eigenvalue weighted by molar-refractivity contribution is -0.131. The largest absolute Gasteiger partial charge is 0.497 e. The third-order valence-corrected chi connectivity index (χ3v) is 3.99. The number of nitrogens with one attached hydrogen (secondary N) is 1. The summed E-state index contributed by atoms with van der Waals surface area (Å²) in [7, 11) is 1.62. The van der Waals surface area contributed by atoms with Crippen LogP contribution in [0.5, 0.6) is 5.75 Å². The summed E-state index contributed by atoms with van der Waals surface area (Å²) in [6.07, 6.45) is 0.367. The molecule has 130 valence electrons. The van der Waals surface area contributed by atoms with Crippen LogP contribution in [0.1, 0.15) is 17.5 Å². The number of nitrogens with zero attached hydrogens (tertiary/aromatic N) is 1. The molecule has 6 heteroatoms. The summed E-state index contributed by atoms with van der Waals surface area (Å²) in [4.78, 5) is 17.4. The molecular formula is C19H19FN2O3. The predicted octanol–water partition coefficient (Wildman–Crippen LogP) is 2.69. The van der Waals surface area contributed by atoms with E-state index in [1.165, 1.54) is 12.1 Å². The highest BCUT2D eigenvalue weighted by atomic mass is 19.1. The van der Waals surface area contributed by atoms with Gasteiger partial charge < -0.3 is 14.9 Å². The van der Waals surface area contributed by atoms with Crippen molar-refractivity contribution in [3.8, 4) is 5.75 Å². The first-order valence-electron chi connectivity index (χ1n) is 8.05. The van der Waals surface area contributed by atoms with E-state index in [0.29, 0.717) is 30.7 Å². The van der Waals surface area contributed by atoms with Crippen molar-refractivity contribution in [2.45, 2.75) is 18.9 Å². The number of carbonyl (C=O) groups excluding carboxylic acids is 1. The van der Waals surface area contributed by atoms with Gasteiger partial charge in [0, 0.05) is 18.5 Å². The second-order valence-electron chi connectivity index (χ2n) is 5.74. The molecule has 1 N–H and O–H groups in total. The number of rotatable bonds is 6. The predicted molar refractivity (Wildman–Crippen MR) is 92.1 cm³/mol. The van der Waals surface area contributed by atoms with Gasteiger partial charge in [-0.3, -0.25) is 4.79 Å². The molecule has 0 saturated carbocycles. The smallest absolute Gasteiger partial charge is 0.264 e. The maximum atomic E-state index is 13.3. The fourth-order valence-electron chi connectivity index (χ4n) is 2.59. The van der Waals surface area contributed by atoms with Crippen LogP contribution < -0.4 is 10.1 Å². The Morgan fingerprint density at radius 2 is 2.12 bits per heavy atom. The number of ether oxygens (including phenoxy) is 1. The van der Waals surface area contributed by atoms with Gasteiger partial charge in [0.15, 0.2) is 0 Å². The van der Waals surface area contributed by atoms with Crippen molar-refractivity contribution in [1.29, 1.82) is 0 Å². The molecule has 1 aliphatic rings. The van der Waals surface area contributed by atoms with Crippen molar-refractivity contribution in [2.75, 3.05) is 13.7 Å². The molecule has 0 spiro atoms. The van der Waals surface area contributed by atoms with E-state index in [1.54, 1.807) is 19.2 Å². The number of halogens is 1. The second kappa shape index (κ2) is 7.79. The molecule has 25 heavy (non-hydrogen) atoms. The first kappa shape index (κ1) is 17.0. The van der Waals surface area contributed by atoms with Crippen LogP contribution in [0.3, 0.4) is 0 Å². The van der Waals surface area contributed by atoms with Crippen molar-refractivity contribution < 1.29 is 18.8 Å². The minimum Gasteiger partial charge on any atom is -0.497 e. The van der Waals surface area contributed by atoms with Crippen molar-refractivity contribution in [1.82, 2.24) is 5.32 Å². The van der Waals surface area contributed by atoms with Crippen LogP contribution in [0.15, 0.2) is 53.7 Å². The van der Waals surface area contributed by atoms with Crippen molar-refractivity contribution in [3.05, 3.63) is 65.5 Å². The van der Waals surface area contributed by atoms with Crippen LogP contribution in [0.25, 0.3) is 0 Å². The minimum absolute atomic E-state index is 0.219. The third kappa shape index (κ3) is 4.35. The van der Waals surface area contributed by atoms with Crippen LogP contribution in [0, 0.1) is 5.82 Å². The highest BCUT2D eigenvalue weighted by molar-refractivity contribution is 6.04. The van der Waals surface area contributed by atoms with E-state index in [0.717, 1.165) is 11.3 Å². The maximum absolute atomic E-state index is 13.3. The highest BCUT2D eigenvalue weighted by Crippen LogP contribution is 2.17. The zero-order chi connectivity index (χ0) is 17.6. The van der Waals surface area contributed by atoms with Gasteiger partial charge in [0.2, 0.25) is 6.10 Å². The molecule has 1 atom stereocenters. The zero-order valence-corrected chi connectivity index (χ0v) is 13.9. The molecule has 0 bridgehead atoms. The average molecular weight is 342 g/mol. The maximum Gasteiger partial charge on any atom is 0.264 e. The molecule has 2 aromatic carbocycles. The fourth-order valence-corrected chi connectivity index (χ4v) is 2.59. The van der Waals surface area contributed by atoms with Gasteiger partial charge in [-0.05, 0) is 36.2 Å². The average Bonchev–Trinajstić information content (AvgIpc) is 3.12. The van der Waals surface area contributed by atoms with E-state index in [1.807, 2.05) is 24.3 Å². The summed E-state index contributed by atoms with van der Waals surface area (Å²) >= 11 is 0. The van der Waals surface area contributed by atoms with Gasteiger partial charge in [0.1, 0.15) is 11.6 Å². The summed E-state index contributed by atoms with van der Waals surface area (Å²) in [5.41, 5.74) is 2.31. The van der Waals surface area contributed by atoms with Crippen molar-refractivity contribution in [3.63, 3.8) is 0 Å². The van der Waals surface area contributed by atoms with Crippen LogP contribution in [0.4, 0.5) is 4.39 Å². The van der Waals surface area contributed by atoms with Gasteiger partial charge in [0.05, 0.1) is 12.8 Å². The molecule has 1 unspecified atom stereocenters. The Morgan fingerprint density at radius 1 is 1.32 bits per heavy atom. The van der Waals surface area contributed by atoms with Gasteiger partial charge in [-0.1, -0.05) is 29.4 Å². The van der Waals surface area contributed by atoms with E-state index < -0.39 is 6.10 Å². The number of oxime groups is 1. The molecule has 1 aliphatic heterocycles. The topological polar surface area (TPSA) is 59.9 Å². The van der Waals surface area contributed by atoms with Gasteiger partial charge in [-0.25, -0.2) is 4.39 Å². The molecule has 1 amide bonds. The molecule has 0 radical (unpaired) electrons. The first-order chi connectivity index (χ1) is 12.2. The molecule has 2 aromatic rings. The Morgan fingerprint density at radius 3 is 2.84 bits per heavy atom. The number of methoxy groups -OCH3 is 1. The molecule has 0 saturated heterocycles. The van der Waals surface area contributed by atoms with E-state index >= 15 is 0 Å². The molecule has 1 heterocycles. The van der Waals surface area contributed by atoms with Crippen LogP contribution in [0.2, 0.25) is 0 Å². The Hall–Kier alpha value is -2.89. The quantitative estimate of drug-likeness (QED) is 0.878. The van der Waals surface area contributed by atoms with Crippen molar-refractivity contribution >= 4 is 11.6 Å². The Labute approximate surface area is 145 Å². The summed E-state index contributed by atoms with van der Waals surface area (Å²) in [6, 6.07) is 13.8. The van der Waals surface area contributed by atoms with Crippen LogP contribution >= 0.6 is 0 Å². The lowest BCUT2D eigenvalue weighted by Gasteiger charge is -2.09. The SMILES string of the molecule is COc1ccc(CCNC(=O)C2CC(c3cccc(F)c3)=NO2)cc1. The zero-order valence-electron chi connectivity index (χ0n) is 13.9. The standard InChI is InChI=1S/C19H19FN2O3/c1-24-16-7-5-13(6-8-16)9-10-21-19(23)18-12-17(22-25-18)14-3-2-4-15(20)11-14/h2-8,11,18H,9-10,12H2,1H3,(H,21,23).